The molecule has 3 nitrogen and oxygen atoms in total. The van der Waals surface area contributed by atoms with Crippen molar-refractivity contribution in [1.82, 2.24) is 0 Å². The second-order valence-electron chi connectivity index (χ2n) is 13.9. The van der Waals surface area contributed by atoms with Gasteiger partial charge in [-0.2, -0.15) is 4.57 Å². The van der Waals surface area contributed by atoms with Crippen LogP contribution >= 0.6 is 0 Å². The summed E-state index contributed by atoms with van der Waals surface area (Å²) in [6.45, 7) is 18.5. The van der Waals surface area contributed by atoms with E-state index in [1.165, 1.54) is 38.4 Å². The Kier molecular flexibility index (Phi) is 9.33. The molecule has 2 atom stereocenters. The van der Waals surface area contributed by atoms with Gasteiger partial charge >= 0.3 is 0 Å². The van der Waals surface area contributed by atoms with Gasteiger partial charge in [-0.3, -0.25) is 0 Å². The smallest absolute Gasteiger partial charge is 0.213 e. The van der Waals surface area contributed by atoms with Crippen molar-refractivity contribution in [2.45, 2.75) is 57.8 Å². The summed E-state index contributed by atoms with van der Waals surface area (Å²) < 4.78 is 2.60. The fraction of sp³-hybridized carbons (Fsp3) is 0.233. The molecule has 4 heteroatoms. The van der Waals surface area contributed by atoms with E-state index in [0.717, 1.165) is 42.0 Å². The summed E-state index contributed by atoms with van der Waals surface area (Å²) in [5, 5.41) is 7.64. The number of rotatable bonds is 11. The summed E-state index contributed by atoms with van der Waals surface area (Å²) in [6.07, 6.45) is 9.55. The van der Waals surface area contributed by atoms with Crippen LogP contribution in [0, 0.1) is 0 Å². The summed E-state index contributed by atoms with van der Waals surface area (Å²) in [5.74, 6) is 0.325. The van der Waals surface area contributed by atoms with Crippen molar-refractivity contribution in [2.24, 2.45) is 0 Å². The van der Waals surface area contributed by atoms with Gasteiger partial charge in [0.05, 0.1) is 25.9 Å². The number of para-hydroxylation sites is 1. The molecular weight excluding hydrogens is 587 g/mol. The molecule has 1 aliphatic heterocycles. The minimum Gasteiger partial charge on any atom is -0.353 e. The normalized spacial score (nSPS) is 15.7. The largest absolute Gasteiger partial charge is 0.353 e. The number of nitrogens with one attached hydrogen (secondary N) is 1. The number of aromatic nitrogens is 1. The van der Waals surface area contributed by atoms with Crippen LogP contribution in [0.2, 0.25) is 19.6 Å². The van der Waals surface area contributed by atoms with Gasteiger partial charge in [-0.05, 0) is 55.0 Å². The first-order valence-electron chi connectivity index (χ1n) is 16.9. The van der Waals surface area contributed by atoms with Gasteiger partial charge in [0.25, 0.3) is 0 Å². The van der Waals surface area contributed by atoms with Gasteiger partial charge in [-0.1, -0.05) is 123 Å². The lowest BCUT2D eigenvalue weighted by Crippen LogP contribution is -2.53. The van der Waals surface area contributed by atoms with Crippen molar-refractivity contribution in [3.05, 3.63) is 151 Å². The van der Waals surface area contributed by atoms with Gasteiger partial charge in [0.2, 0.25) is 5.69 Å². The third-order valence-corrected chi connectivity index (χ3v) is 11.7. The lowest BCUT2D eigenvalue weighted by molar-refractivity contribution is -0.717. The first-order valence-corrected chi connectivity index (χ1v) is 20.4. The van der Waals surface area contributed by atoms with Gasteiger partial charge in [0, 0.05) is 46.6 Å². The molecule has 0 fully saturated rings. The lowest BCUT2D eigenvalue weighted by Gasteiger charge is -2.34. The van der Waals surface area contributed by atoms with Crippen molar-refractivity contribution in [1.29, 1.82) is 0 Å². The monoisotopic (exact) mass is 634 g/mol. The third kappa shape index (κ3) is 6.75. The van der Waals surface area contributed by atoms with E-state index in [0.29, 0.717) is 5.92 Å². The number of allylic oxidation sites excluding steroid dienone is 4. The molecule has 0 bridgehead atoms. The zero-order valence-electron chi connectivity index (χ0n) is 28.6. The average molecular weight is 635 g/mol. The Morgan fingerprint density at radius 2 is 1.60 bits per heavy atom. The Balaban J connectivity index is 1.42. The number of nitrogens with zero attached hydrogens (tertiary/aromatic N) is 2. The maximum atomic E-state index is 4.78. The van der Waals surface area contributed by atoms with Crippen LogP contribution in [0.4, 0.5) is 17.1 Å². The first-order chi connectivity index (χ1) is 22.7. The fourth-order valence-electron chi connectivity index (χ4n) is 7.05. The van der Waals surface area contributed by atoms with Crippen LogP contribution in [0.25, 0.3) is 22.0 Å². The maximum Gasteiger partial charge on any atom is 0.213 e. The van der Waals surface area contributed by atoms with E-state index in [1.807, 2.05) is 0 Å². The summed E-state index contributed by atoms with van der Waals surface area (Å²) in [6, 6.07) is 37.5. The van der Waals surface area contributed by atoms with E-state index in [1.54, 1.807) is 0 Å². The molecule has 4 aromatic carbocycles. The standard InChI is InChI=1S/C43H48N3Si/c1-8-16-31(2)23-26-39-37-21-14-15-22-38(37)40-28-25-35(47(5,6)7)30-46(40)42(39)29-32(3)45(4)41-27-24-33-17-12-13-20-36(33)43(41)44-34-18-10-9-11-19-34/h8-22,24-25,27-28,30,39,42,44H,2-3,23,26,29H2,1,4-7H3/q+1/b16-8-. The van der Waals surface area contributed by atoms with Gasteiger partial charge in [-0.25, -0.2) is 0 Å². The Morgan fingerprint density at radius 1 is 0.872 bits per heavy atom. The molecule has 2 heterocycles. The highest BCUT2D eigenvalue weighted by Crippen LogP contribution is 2.44. The number of pyridine rings is 1. The van der Waals surface area contributed by atoms with Gasteiger partial charge in [-0.15, -0.1) is 0 Å². The summed E-state index contributed by atoms with van der Waals surface area (Å²) in [4.78, 5) is 2.30. The second kappa shape index (κ2) is 13.6. The fourth-order valence-corrected chi connectivity index (χ4v) is 8.16. The van der Waals surface area contributed by atoms with Crippen LogP contribution in [-0.2, 0) is 0 Å². The topological polar surface area (TPSA) is 19.1 Å². The van der Waals surface area contributed by atoms with Gasteiger partial charge < -0.3 is 10.2 Å². The molecule has 5 aromatic rings. The Bertz CT molecular complexity index is 1950. The maximum absolute atomic E-state index is 4.78. The Morgan fingerprint density at radius 3 is 2.36 bits per heavy atom. The Labute approximate surface area is 282 Å². The number of hydrogen-bond donors (Lipinski definition) is 1. The molecule has 0 aliphatic carbocycles. The molecule has 6 rings (SSSR count). The van der Waals surface area contributed by atoms with Crippen LogP contribution in [0.3, 0.4) is 0 Å². The highest BCUT2D eigenvalue weighted by atomic mass is 28.3. The molecule has 0 saturated carbocycles. The van der Waals surface area contributed by atoms with E-state index in [2.05, 4.69) is 176 Å². The van der Waals surface area contributed by atoms with E-state index in [4.69, 9.17) is 6.58 Å². The molecule has 238 valence electrons. The molecular formula is C43H48N3Si+. The summed E-state index contributed by atoms with van der Waals surface area (Å²) in [5.41, 5.74) is 9.62. The van der Waals surface area contributed by atoms with Crippen molar-refractivity contribution in [3.8, 4) is 11.3 Å². The van der Waals surface area contributed by atoms with Gasteiger partial charge in [0.1, 0.15) is 0 Å². The van der Waals surface area contributed by atoms with Crippen LogP contribution in [0.5, 0.6) is 0 Å². The van der Waals surface area contributed by atoms with E-state index < -0.39 is 8.07 Å². The van der Waals surface area contributed by atoms with Crippen molar-refractivity contribution in [2.75, 3.05) is 17.3 Å². The Hall–Kier alpha value is -4.67. The highest BCUT2D eigenvalue weighted by Gasteiger charge is 2.41. The van der Waals surface area contributed by atoms with E-state index in [9.17, 15) is 0 Å². The molecule has 1 aliphatic rings. The highest BCUT2D eigenvalue weighted by molar-refractivity contribution is 6.88. The predicted molar refractivity (Wildman–Crippen MR) is 206 cm³/mol. The van der Waals surface area contributed by atoms with Crippen molar-refractivity contribution >= 4 is 41.1 Å². The summed E-state index contributed by atoms with van der Waals surface area (Å²) >= 11 is 0. The number of benzene rings is 4. The van der Waals surface area contributed by atoms with Crippen LogP contribution in [-0.4, -0.2) is 15.1 Å². The van der Waals surface area contributed by atoms with Crippen molar-refractivity contribution < 1.29 is 4.57 Å². The van der Waals surface area contributed by atoms with Crippen LogP contribution < -0.4 is 20.0 Å². The molecule has 0 spiro atoms. The average Bonchev–Trinajstić information content (AvgIpc) is 3.07. The molecule has 0 amide bonds. The minimum atomic E-state index is -1.55. The molecule has 0 saturated heterocycles. The lowest BCUT2D eigenvalue weighted by atomic mass is 9.78. The molecule has 0 radical (unpaired) electrons. The molecule has 2 unspecified atom stereocenters. The van der Waals surface area contributed by atoms with Gasteiger partial charge in [0.15, 0.2) is 12.2 Å². The third-order valence-electron chi connectivity index (χ3n) is 9.71. The zero-order valence-corrected chi connectivity index (χ0v) is 29.6. The first kappa shape index (κ1) is 32.3. The molecule has 1 N–H and O–H groups in total. The predicted octanol–water partition coefficient (Wildman–Crippen LogP) is 10.7. The second-order valence-corrected chi connectivity index (χ2v) is 19.0. The number of anilines is 3. The summed E-state index contributed by atoms with van der Waals surface area (Å²) in [7, 11) is 0.620. The molecule has 1 aromatic heterocycles. The SMILES string of the molecule is C=C(/C=C\C)CCC1c2ccccc2-c2ccc([Si](C)(C)C)c[n+]2C1CC(=C)N(C)c1ccc2ccccc2c1Nc1ccccc1. The quantitative estimate of drug-likeness (QED) is 0.0886. The van der Waals surface area contributed by atoms with Crippen LogP contribution in [0.15, 0.2) is 146 Å². The zero-order chi connectivity index (χ0) is 33.1. The number of fused-ring (bicyclic) bond motifs is 4. The minimum absolute atomic E-state index is 0.218. The van der Waals surface area contributed by atoms with E-state index in [-0.39, 0.29) is 6.04 Å². The van der Waals surface area contributed by atoms with Crippen LogP contribution in [0.1, 0.15) is 43.7 Å². The number of hydrogen-bond acceptors (Lipinski definition) is 2. The molecule has 47 heavy (non-hydrogen) atoms. The van der Waals surface area contributed by atoms with Crippen molar-refractivity contribution in [3.63, 3.8) is 0 Å². The van der Waals surface area contributed by atoms with E-state index >= 15 is 0 Å².